The van der Waals surface area contributed by atoms with Gasteiger partial charge in [-0.3, -0.25) is 0 Å². The molecule has 6 atom stereocenters. The van der Waals surface area contributed by atoms with Crippen LogP contribution in [0.2, 0.25) is 0 Å². The molecular formula is CH7FOP6S. The van der Waals surface area contributed by atoms with Gasteiger partial charge < -0.3 is 0 Å². The van der Waals surface area contributed by atoms with Gasteiger partial charge in [0.1, 0.15) is 10.5 Å². The van der Waals surface area contributed by atoms with Crippen molar-refractivity contribution in [1.29, 1.82) is 0 Å². The Morgan fingerprint density at radius 3 is 2.20 bits per heavy atom. The van der Waals surface area contributed by atoms with Gasteiger partial charge in [0.25, 0.3) is 0 Å². The van der Waals surface area contributed by atoms with Gasteiger partial charge in [-0.05, 0) is 6.99 Å². The van der Waals surface area contributed by atoms with E-state index in [1.807, 2.05) is 0 Å². The summed E-state index contributed by atoms with van der Waals surface area (Å²) in [5, 5.41) is 1.42. The highest BCUT2D eigenvalue weighted by Crippen LogP contribution is 2.95. The fraction of sp³-hybridized carbons (Fsp3) is 0. The molecule has 0 heterocycles. The van der Waals surface area contributed by atoms with Crippen LogP contribution in [0, 0.1) is 0 Å². The first-order chi connectivity index (χ1) is 4.63. The lowest BCUT2D eigenvalue weighted by Gasteiger charge is -2.13. The van der Waals surface area contributed by atoms with Crippen LogP contribution < -0.4 is 0 Å². The van der Waals surface area contributed by atoms with Gasteiger partial charge in [-0.2, -0.15) is 3.89 Å². The average Bonchev–Trinajstić information content (AvgIpc) is 1.88. The fourth-order valence-electron chi connectivity index (χ4n) is 0.231. The Bertz CT molecular complexity index is 154. The molecule has 0 aliphatic carbocycles. The van der Waals surface area contributed by atoms with E-state index in [4.69, 9.17) is 0 Å². The zero-order chi connectivity index (χ0) is 8.15. The minimum absolute atomic E-state index is 0.445. The summed E-state index contributed by atoms with van der Waals surface area (Å²) < 4.78 is 12.7. The zero-order valence-electron chi connectivity index (χ0n) is 4.82. The van der Waals surface area contributed by atoms with E-state index in [9.17, 15) is 8.68 Å². The van der Waals surface area contributed by atoms with Crippen LogP contribution in [0.1, 0.15) is 0 Å². The van der Waals surface area contributed by atoms with Crippen LogP contribution >= 0.6 is 58.7 Å². The lowest BCUT2D eigenvalue weighted by Crippen LogP contribution is -1.44. The van der Waals surface area contributed by atoms with Crippen molar-refractivity contribution >= 4 is 64.0 Å². The highest BCUT2D eigenvalue weighted by Gasteiger charge is 2.15. The van der Waals surface area contributed by atoms with Crippen molar-refractivity contribution in [3.05, 3.63) is 0 Å². The van der Waals surface area contributed by atoms with E-state index in [1.165, 1.54) is 5.23 Å². The van der Waals surface area contributed by atoms with Crippen molar-refractivity contribution in [2.24, 2.45) is 0 Å². The molecule has 0 aromatic heterocycles. The maximum Gasteiger partial charge on any atom is 0.192 e. The summed E-state index contributed by atoms with van der Waals surface area (Å²) in [6, 6.07) is 0. The predicted molar refractivity (Wildman–Crippen MR) is 65.7 cm³/mol. The fourth-order valence-corrected chi connectivity index (χ4v) is 27.6. The molecule has 0 N–H and O–H groups in total. The SMILES string of the molecule is O=C=S(F)P(PP)P(P)P. The predicted octanol–water partition coefficient (Wildman–Crippen LogP) is 3.96. The van der Waals surface area contributed by atoms with E-state index >= 15 is 0 Å². The molecule has 0 fully saturated rings. The number of carbonyl (C=O) groups excluding carboxylic acids is 1. The maximum absolute atomic E-state index is 12.7. The summed E-state index contributed by atoms with van der Waals surface area (Å²) in [5.74, 6) is 0. The molecule has 0 saturated heterocycles. The van der Waals surface area contributed by atoms with Crippen molar-refractivity contribution in [1.82, 2.24) is 0 Å². The molecule has 0 aromatic carbocycles. The summed E-state index contributed by atoms with van der Waals surface area (Å²) in [6.07, 6.45) is 0. The third kappa shape index (κ3) is 4.46. The Morgan fingerprint density at radius 1 is 1.60 bits per heavy atom. The molecule has 0 radical (unpaired) electrons. The zero-order valence-corrected chi connectivity index (χ0v) is 11.9. The van der Waals surface area contributed by atoms with Crippen molar-refractivity contribution < 1.29 is 8.68 Å². The lowest BCUT2D eigenvalue weighted by atomic mass is 11.9. The Labute approximate surface area is 72.8 Å². The number of rotatable bonds is 3. The normalized spacial score (nSPS) is 17.7. The van der Waals surface area contributed by atoms with Gasteiger partial charge in [0.15, 0.2) is 5.23 Å². The number of halogens is 1. The summed E-state index contributed by atoms with van der Waals surface area (Å²) in [6.45, 7) is -1.20. The Kier molecular flexibility index (Phi) is 8.59. The molecule has 0 bridgehead atoms. The molecular weight excluding hydrogens is 265 g/mol. The van der Waals surface area contributed by atoms with Crippen LogP contribution in [0.3, 0.4) is 0 Å². The second-order valence-electron chi connectivity index (χ2n) is 1.10. The van der Waals surface area contributed by atoms with Gasteiger partial charge in [-0.1, -0.05) is 7.96 Å². The van der Waals surface area contributed by atoms with Crippen LogP contribution in [-0.2, 0) is 4.79 Å². The third-order valence-corrected chi connectivity index (χ3v) is 30.5. The topological polar surface area (TPSA) is 17.1 Å². The molecule has 6 unspecified atom stereocenters. The van der Waals surface area contributed by atoms with Gasteiger partial charge in [0, 0.05) is 0 Å². The minimum atomic E-state index is -1.61. The first-order valence-corrected chi connectivity index (χ1v) is 14.0. The van der Waals surface area contributed by atoms with Crippen molar-refractivity contribution in [3.63, 3.8) is 0 Å². The Hall–Kier alpha value is 2.44. The number of hydrogen-bond donors (Lipinski definition) is 0. The van der Waals surface area contributed by atoms with Gasteiger partial charge in [-0.15, -0.1) is 26.8 Å². The van der Waals surface area contributed by atoms with Crippen LogP contribution in [0.25, 0.3) is 0 Å². The third-order valence-electron chi connectivity index (χ3n) is 0.541. The Balaban J connectivity index is 4.21. The largest absolute Gasteiger partial charge is 0.224 e. The summed E-state index contributed by atoms with van der Waals surface area (Å²) in [5.41, 5.74) is 0. The van der Waals surface area contributed by atoms with Gasteiger partial charge in [0.05, 0.1) is 6.50 Å². The van der Waals surface area contributed by atoms with Gasteiger partial charge in [0.2, 0.25) is 0 Å². The summed E-state index contributed by atoms with van der Waals surface area (Å²) in [4.78, 5) is 9.93. The van der Waals surface area contributed by atoms with E-state index in [0.29, 0.717) is 7.96 Å². The first kappa shape index (κ1) is 12.4. The first-order valence-electron chi connectivity index (χ1n) is 1.97. The van der Waals surface area contributed by atoms with Crippen molar-refractivity contribution in [2.75, 3.05) is 0 Å². The molecule has 0 aliphatic heterocycles. The van der Waals surface area contributed by atoms with E-state index in [2.05, 4.69) is 26.8 Å². The maximum atomic E-state index is 12.7. The molecule has 0 saturated carbocycles. The quantitative estimate of drug-likeness (QED) is 0.561. The Morgan fingerprint density at radius 2 is 2.10 bits per heavy atom. The van der Waals surface area contributed by atoms with Crippen molar-refractivity contribution in [2.45, 2.75) is 0 Å². The van der Waals surface area contributed by atoms with E-state index in [-0.39, 0.29) is 0 Å². The monoisotopic (exact) mass is 272 g/mol. The molecule has 60 valence electrons. The summed E-state index contributed by atoms with van der Waals surface area (Å²) >= 11 is 0. The highest BCUT2D eigenvalue weighted by atomic mass is 33.2. The second kappa shape index (κ2) is 6.90. The molecule has 10 heavy (non-hydrogen) atoms. The minimum Gasteiger partial charge on any atom is -0.224 e. The highest BCUT2D eigenvalue weighted by molar-refractivity contribution is 9.10. The average molecular weight is 272 g/mol. The van der Waals surface area contributed by atoms with Gasteiger partial charge in [-0.25, -0.2) is 4.79 Å². The molecule has 0 aromatic rings. The second-order valence-corrected chi connectivity index (χ2v) is 23.0. The molecule has 1 nitrogen and oxygen atoms in total. The van der Waals surface area contributed by atoms with Crippen molar-refractivity contribution in [3.8, 4) is 0 Å². The van der Waals surface area contributed by atoms with Gasteiger partial charge >= 0.3 is 0 Å². The van der Waals surface area contributed by atoms with Crippen LogP contribution in [0.5, 0.6) is 0 Å². The summed E-state index contributed by atoms with van der Waals surface area (Å²) in [7, 11) is 6.45. The number of hydrogen-bond acceptors (Lipinski definition) is 1. The van der Waals surface area contributed by atoms with Crippen LogP contribution in [0.4, 0.5) is 3.89 Å². The smallest absolute Gasteiger partial charge is 0.192 e. The lowest BCUT2D eigenvalue weighted by molar-refractivity contribution is 0.571. The van der Waals surface area contributed by atoms with E-state index < -0.39 is 24.0 Å². The van der Waals surface area contributed by atoms with Crippen LogP contribution in [0.15, 0.2) is 0 Å². The molecule has 0 spiro atoms. The molecule has 9 heteroatoms. The van der Waals surface area contributed by atoms with Crippen LogP contribution in [-0.4, -0.2) is 5.23 Å². The molecule has 0 aliphatic rings. The standard InChI is InChI=1S/CH7FOP6S/c2-10(1-3)9(7-4)8(5)6/h7H,4-6H2. The molecule has 0 amide bonds. The van der Waals surface area contributed by atoms with E-state index in [1.54, 1.807) is 0 Å². The van der Waals surface area contributed by atoms with E-state index in [0.717, 1.165) is 0 Å². The molecule has 0 rings (SSSR count).